The van der Waals surface area contributed by atoms with Gasteiger partial charge in [0, 0.05) is 11.0 Å². The molecule has 2 aromatic carbocycles. The monoisotopic (exact) mass is 347 g/mol. The van der Waals surface area contributed by atoms with Crippen LogP contribution in [0.2, 0.25) is 0 Å². The molecule has 0 aliphatic heterocycles. The predicted octanol–water partition coefficient (Wildman–Crippen LogP) is 5.22. The number of alkyl halides is 3. The first kappa shape index (κ1) is 14.8. The molecule has 0 aromatic heterocycles. The van der Waals surface area contributed by atoms with Crippen molar-refractivity contribution >= 4 is 21.6 Å². The van der Waals surface area contributed by atoms with Crippen LogP contribution in [0.1, 0.15) is 11.1 Å². The van der Waals surface area contributed by atoms with E-state index in [1.807, 2.05) is 0 Å². The van der Waals surface area contributed by atoms with E-state index >= 15 is 0 Å². The zero-order valence-corrected chi connectivity index (χ0v) is 11.7. The summed E-state index contributed by atoms with van der Waals surface area (Å²) in [5, 5.41) is 2.80. The van der Waals surface area contributed by atoms with Gasteiger partial charge in [-0.2, -0.15) is 13.2 Å². The molecule has 0 unspecified atom stereocenters. The molecule has 0 saturated heterocycles. The van der Waals surface area contributed by atoms with Crippen molar-refractivity contribution in [2.75, 3.05) is 5.32 Å². The number of nitrogens with one attached hydrogen (secondary N) is 1. The van der Waals surface area contributed by atoms with E-state index in [0.29, 0.717) is 10.2 Å². The molecule has 2 rings (SSSR count). The predicted molar refractivity (Wildman–Crippen MR) is 72.9 cm³/mol. The minimum absolute atomic E-state index is 0.0439. The first-order valence-electron chi connectivity index (χ1n) is 5.72. The molecule has 0 radical (unpaired) electrons. The largest absolute Gasteiger partial charge is 0.416 e. The lowest BCUT2D eigenvalue weighted by Crippen LogP contribution is -2.11. The van der Waals surface area contributed by atoms with Crippen LogP contribution < -0.4 is 5.32 Å². The molecule has 0 spiro atoms. The van der Waals surface area contributed by atoms with Gasteiger partial charge >= 0.3 is 6.18 Å². The van der Waals surface area contributed by atoms with Crippen LogP contribution in [-0.4, -0.2) is 0 Å². The minimum Gasteiger partial charge on any atom is -0.380 e. The molecule has 106 valence electrons. The van der Waals surface area contributed by atoms with Crippen molar-refractivity contribution in [3.05, 3.63) is 63.9 Å². The second kappa shape index (κ2) is 5.83. The fourth-order valence-electron chi connectivity index (χ4n) is 1.77. The lowest BCUT2D eigenvalue weighted by atomic mass is 10.1. The van der Waals surface area contributed by atoms with Gasteiger partial charge in [0.25, 0.3) is 0 Å². The van der Waals surface area contributed by atoms with E-state index in [-0.39, 0.29) is 12.1 Å². The van der Waals surface area contributed by atoms with Gasteiger partial charge < -0.3 is 5.32 Å². The Morgan fingerprint density at radius 3 is 2.45 bits per heavy atom. The highest BCUT2D eigenvalue weighted by molar-refractivity contribution is 9.10. The summed E-state index contributed by atoms with van der Waals surface area (Å²) in [7, 11) is 0. The zero-order chi connectivity index (χ0) is 14.8. The number of benzene rings is 2. The van der Waals surface area contributed by atoms with Crippen LogP contribution in [0.15, 0.2) is 46.9 Å². The highest BCUT2D eigenvalue weighted by atomic mass is 79.9. The summed E-state index contributed by atoms with van der Waals surface area (Å²) in [5.41, 5.74) is -0.182. The number of hydrogen-bond donors (Lipinski definition) is 1. The molecule has 0 saturated carbocycles. The Kier molecular flexibility index (Phi) is 4.32. The maximum atomic E-state index is 13.1. The molecular weight excluding hydrogens is 338 g/mol. The standard InChI is InChI=1S/C14H10BrF4N/c15-12-6-5-10(16)7-13(12)20-8-9-3-1-2-4-11(9)14(17,18)19/h1-7,20H,8H2. The lowest BCUT2D eigenvalue weighted by Gasteiger charge is -2.14. The van der Waals surface area contributed by atoms with Gasteiger partial charge in [0.2, 0.25) is 0 Å². The Balaban J connectivity index is 2.21. The van der Waals surface area contributed by atoms with Crippen LogP contribution in [0.25, 0.3) is 0 Å². The van der Waals surface area contributed by atoms with E-state index in [1.54, 1.807) is 0 Å². The maximum absolute atomic E-state index is 13.1. The van der Waals surface area contributed by atoms with Crippen molar-refractivity contribution in [2.24, 2.45) is 0 Å². The Bertz CT molecular complexity index is 610. The van der Waals surface area contributed by atoms with Crippen molar-refractivity contribution < 1.29 is 17.6 Å². The van der Waals surface area contributed by atoms with Gasteiger partial charge in [0.05, 0.1) is 11.3 Å². The van der Waals surface area contributed by atoms with Crippen LogP contribution >= 0.6 is 15.9 Å². The van der Waals surface area contributed by atoms with Gasteiger partial charge in [-0.15, -0.1) is 0 Å². The zero-order valence-electron chi connectivity index (χ0n) is 10.1. The Labute approximate surface area is 121 Å². The molecule has 0 aliphatic rings. The average Bonchev–Trinajstić information content (AvgIpc) is 2.39. The topological polar surface area (TPSA) is 12.0 Å². The van der Waals surface area contributed by atoms with Gasteiger partial charge in [-0.25, -0.2) is 4.39 Å². The van der Waals surface area contributed by atoms with E-state index in [9.17, 15) is 17.6 Å². The SMILES string of the molecule is Fc1ccc(Br)c(NCc2ccccc2C(F)(F)F)c1. The van der Waals surface area contributed by atoms with Crippen molar-refractivity contribution in [1.82, 2.24) is 0 Å². The molecule has 0 fully saturated rings. The van der Waals surface area contributed by atoms with Gasteiger partial charge in [-0.05, 0) is 45.8 Å². The average molecular weight is 348 g/mol. The van der Waals surface area contributed by atoms with E-state index < -0.39 is 17.6 Å². The summed E-state index contributed by atoms with van der Waals surface area (Å²) in [5.74, 6) is -0.459. The normalized spacial score (nSPS) is 11.4. The molecule has 0 amide bonds. The Morgan fingerprint density at radius 2 is 1.75 bits per heavy atom. The van der Waals surface area contributed by atoms with E-state index in [0.717, 1.165) is 6.07 Å². The summed E-state index contributed by atoms with van der Waals surface area (Å²) in [4.78, 5) is 0. The Hall–Kier alpha value is -1.56. The minimum atomic E-state index is -4.41. The molecule has 0 bridgehead atoms. The summed E-state index contributed by atoms with van der Waals surface area (Å²) < 4.78 is 52.1. The van der Waals surface area contributed by atoms with Crippen LogP contribution in [0.4, 0.5) is 23.2 Å². The highest BCUT2D eigenvalue weighted by Crippen LogP contribution is 2.32. The molecule has 1 N–H and O–H groups in total. The molecule has 0 atom stereocenters. The fraction of sp³-hybridized carbons (Fsp3) is 0.143. The number of hydrogen-bond acceptors (Lipinski definition) is 1. The smallest absolute Gasteiger partial charge is 0.380 e. The van der Waals surface area contributed by atoms with Crippen molar-refractivity contribution in [2.45, 2.75) is 12.7 Å². The first-order valence-corrected chi connectivity index (χ1v) is 6.51. The summed E-state index contributed by atoms with van der Waals surface area (Å²) in [6, 6.07) is 9.27. The summed E-state index contributed by atoms with van der Waals surface area (Å²) in [6.45, 7) is -0.0439. The van der Waals surface area contributed by atoms with E-state index in [1.165, 1.54) is 36.4 Å². The number of halogens is 5. The number of anilines is 1. The second-order valence-corrected chi connectivity index (χ2v) is 4.99. The molecule has 0 heterocycles. The molecule has 0 aliphatic carbocycles. The molecule has 6 heteroatoms. The fourth-order valence-corrected chi connectivity index (χ4v) is 2.16. The third-order valence-corrected chi connectivity index (χ3v) is 3.41. The van der Waals surface area contributed by atoms with Gasteiger partial charge in [0.1, 0.15) is 5.82 Å². The third kappa shape index (κ3) is 3.50. The van der Waals surface area contributed by atoms with Gasteiger partial charge in [-0.1, -0.05) is 18.2 Å². The second-order valence-electron chi connectivity index (χ2n) is 4.13. The van der Waals surface area contributed by atoms with E-state index in [4.69, 9.17) is 0 Å². The van der Waals surface area contributed by atoms with Crippen molar-refractivity contribution in [3.63, 3.8) is 0 Å². The highest BCUT2D eigenvalue weighted by Gasteiger charge is 2.32. The maximum Gasteiger partial charge on any atom is 0.416 e. The molecule has 20 heavy (non-hydrogen) atoms. The molecule has 1 nitrogen and oxygen atoms in total. The third-order valence-electron chi connectivity index (χ3n) is 2.72. The quantitative estimate of drug-likeness (QED) is 0.750. The summed E-state index contributed by atoms with van der Waals surface area (Å²) >= 11 is 3.21. The van der Waals surface area contributed by atoms with Crippen LogP contribution in [-0.2, 0) is 12.7 Å². The van der Waals surface area contributed by atoms with Gasteiger partial charge in [0.15, 0.2) is 0 Å². The number of rotatable bonds is 3. The first-order chi connectivity index (χ1) is 9.38. The van der Waals surface area contributed by atoms with Gasteiger partial charge in [-0.3, -0.25) is 0 Å². The molecule has 2 aromatic rings. The Morgan fingerprint density at radius 1 is 1.05 bits per heavy atom. The lowest BCUT2D eigenvalue weighted by molar-refractivity contribution is -0.138. The van der Waals surface area contributed by atoms with Crippen molar-refractivity contribution in [3.8, 4) is 0 Å². The van der Waals surface area contributed by atoms with Crippen LogP contribution in [0.3, 0.4) is 0 Å². The molecular formula is C14H10BrF4N. The van der Waals surface area contributed by atoms with Crippen LogP contribution in [0.5, 0.6) is 0 Å². The summed E-state index contributed by atoms with van der Waals surface area (Å²) in [6.07, 6.45) is -4.41. The van der Waals surface area contributed by atoms with Crippen LogP contribution in [0, 0.1) is 5.82 Å². The van der Waals surface area contributed by atoms with E-state index in [2.05, 4.69) is 21.2 Å². The van der Waals surface area contributed by atoms with Crippen molar-refractivity contribution in [1.29, 1.82) is 0 Å².